The quantitative estimate of drug-likeness (QED) is 0.275. The van der Waals surface area contributed by atoms with Crippen molar-refractivity contribution < 1.29 is 29.4 Å². The van der Waals surface area contributed by atoms with E-state index in [-0.39, 0.29) is 6.42 Å². The second kappa shape index (κ2) is 9.82. The molecule has 0 fully saturated rings. The van der Waals surface area contributed by atoms with Crippen LogP contribution >= 0.6 is 0 Å². The topological polar surface area (TPSA) is 190 Å². The highest BCUT2D eigenvalue weighted by molar-refractivity contribution is 6.02. The number of carbonyl (C=O) groups is 4. The monoisotopic (exact) mass is 318 g/mol. The van der Waals surface area contributed by atoms with Gasteiger partial charge < -0.3 is 27.4 Å². The van der Waals surface area contributed by atoms with Gasteiger partial charge in [0.25, 0.3) is 0 Å². The Labute approximate surface area is 127 Å². The average Bonchev–Trinajstić information content (AvgIpc) is 2.44. The maximum Gasteiger partial charge on any atom is 0.326 e. The summed E-state index contributed by atoms with van der Waals surface area (Å²) in [4.78, 5) is 46.3. The smallest absolute Gasteiger partial charge is 0.326 e. The maximum absolute atomic E-state index is 12.1. The first-order chi connectivity index (χ1) is 10.3. The number of amides is 2. The Kier molecular flexibility index (Phi) is 8.91. The van der Waals surface area contributed by atoms with Gasteiger partial charge >= 0.3 is 11.9 Å². The largest absolute Gasteiger partial charge is 0.481 e. The van der Waals surface area contributed by atoms with Crippen LogP contribution in [0.3, 0.4) is 0 Å². The van der Waals surface area contributed by atoms with Crippen LogP contribution in [0.25, 0.3) is 0 Å². The van der Waals surface area contributed by atoms with Gasteiger partial charge in [-0.05, 0) is 25.8 Å². The number of nitrogens with two attached hydrogens (primary N) is 3. The van der Waals surface area contributed by atoms with Crippen molar-refractivity contribution in [3.63, 3.8) is 0 Å². The van der Waals surface area contributed by atoms with Crippen LogP contribution in [-0.4, -0.2) is 64.0 Å². The van der Waals surface area contributed by atoms with E-state index in [0.717, 1.165) is 0 Å². The second-order valence-electron chi connectivity index (χ2n) is 4.65. The van der Waals surface area contributed by atoms with Crippen molar-refractivity contribution in [2.45, 2.75) is 37.8 Å². The minimum Gasteiger partial charge on any atom is -0.481 e. The van der Waals surface area contributed by atoms with Crippen LogP contribution in [-0.2, 0) is 19.2 Å². The van der Waals surface area contributed by atoms with Gasteiger partial charge in [-0.2, -0.15) is 0 Å². The fourth-order valence-electron chi connectivity index (χ4n) is 1.85. The Morgan fingerprint density at radius 1 is 1.05 bits per heavy atom. The molecule has 8 N–H and O–H groups in total. The van der Waals surface area contributed by atoms with Crippen LogP contribution < -0.4 is 17.2 Å². The van der Waals surface area contributed by atoms with E-state index >= 15 is 0 Å². The molecule has 22 heavy (non-hydrogen) atoms. The number of hydrogen-bond acceptors (Lipinski definition) is 7. The number of carboxylic acid groups (broad SMARTS) is 2. The predicted octanol–water partition coefficient (Wildman–Crippen LogP) is -2.32. The Morgan fingerprint density at radius 3 is 2.05 bits per heavy atom. The van der Waals surface area contributed by atoms with Crippen molar-refractivity contribution in [2.24, 2.45) is 17.2 Å². The van der Waals surface area contributed by atoms with Crippen LogP contribution in [0.4, 0.5) is 0 Å². The fourth-order valence-corrected chi connectivity index (χ4v) is 1.85. The molecule has 2 atom stereocenters. The van der Waals surface area contributed by atoms with Gasteiger partial charge in [0, 0.05) is 0 Å². The van der Waals surface area contributed by atoms with Crippen molar-refractivity contribution in [1.29, 1.82) is 0 Å². The molecule has 0 heterocycles. The van der Waals surface area contributed by atoms with Gasteiger partial charge in [0.15, 0.2) is 0 Å². The molecule has 10 nitrogen and oxygen atoms in total. The second-order valence-corrected chi connectivity index (χ2v) is 4.65. The van der Waals surface area contributed by atoms with Gasteiger partial charge in [-0.15, -0.1) is 0 Å². The first-order valence-electron chi connectivity index (χ1n) is 6.72. The van der Waals surface area contributed by atoms with Crippen LogP contribution in [0.1, 0.15) is 25.7 Å². The molecule has 0 spiro atoms. The molecule has 126 valence electrons. The molecule has 0 bridgehead atoms. The maximum atomic E-state index is 12.1. The fraction of sp³-hybridized carbons (Fsp3) is 0.667. The minimum atomic E-state index is -1.52. The van der Waals surface area contributed by atoms with Crippen LogP contribution in [0.2, 0.25) is 0 Å². The van der Waals surface area contributed by atoms with Crippen molar-refractivity contribution in [2.75, 3.05) is 13.1 Å². The molecule has 0 aromatic heterocycles. The molecule has 0 saturated carbocycles. The molecule has 0 aliphatic carbocycles. The molecular weight excluding hydrogens is 296 g/mol. The zero-order valence-electron chi connectivity index (χ0n) is 12.1. The van der Waals surface area contributed by atoms with E-state index in [4.69, 9.17) is 22.3 Å². The highest BCUT2D eigenvalue weighted by Gasteiger charge is 2.36. The van der Waals surface area contributed by atoms with Gasteiger partial charge in [-0.1, -0.05) is 0 Å². The summed E-state index contributed by atoms with van der Waals surface area (Å²) < 4.78 is 0. The molecule has 0 radical (unpaired) electrons. The third kappa shape index (κ3) is 6.16. The lowest BCUT2D eigenvalue weighted by molar-refractivity contribution is -0.159. The first-order valence-corrected chi connectivity index (χ1v) is 6.72. The Morgan fingerprint density at radius 2 is 1.64 bits per heavy atom. The predicted molar refractivity (Wildman–Crippen MR) is 75.5 cm³/mol. The standard InChI is InChI=1S/C12H22N4O6/c13-4-2-1-3-8(12(21)22)16(9(17)6-14)11(20)7(15)5-10(18)19/h7-8H,1-6,13-15H2,(H,18,19)(H,21,22)/t7-,8-/m0/s1. The number of carbonyl (C=O) groups excluding carboxylic acids is 2. The summed E-state index contributed by atoms with van der Waals surface area (Å²) in [5.74, 6) is -4.73. The van der Waals surface area contributed by atoms with Gasteiger partial charge in [-0.25, -0.2) is 4.79 Å². The molecule has 0 saturated heterocycles. The number of unbranched alkanes of at least 4 members (excludes halogenated alkanes) is 1. The van der Waals surface area contributed by atoms with E-state index in [2.05, 4.69) is 0 Å². The zero-order valence-corrected chi connectivity index (χ0v) is 12.1. The van der Waals surface area contributed by atoms with Crippen LogP contribution in [0.5, 0.6) is 0 Å². The molecule has 0 aliphatic heterocycles. The first kappa shape index (κ1) is 20.0. The number of aliphatic carboxylic acids is 2. The van der Waals surface area contributed by atoms with E-state index in [1.165, 1.54) is 0 Å². The van der Waals surface area contributed by atoms with E-state index in [9.17, 15) is 24.3 Å². The van der Waals surface area contributed by atoms with Gasteiger partial charge in [0.1, 0.15) is 6.04 Å². The zero-order chi connectivity index (χ0) is 17.3. The Hall–Kier alpha value is -2.04. The SMILES string of the molecule is NCCCC[C@@H](C(=O)O)N(C(=O)CN)C(=O)[C@@H](N)CC(=O)O. The van der Waals surface area contributed by atoms with Crippen LogP contribution in [0.15, 0.2) is 0 Å². The summed E-state index contributed by atoms with van der Waals surface area (Å²) in [5.41, 5.74) is 15.9. The van der Waals surface area contributed by atoms with E-state index in [0.29, 0.717) is 24.3 Å². The van der Waals surface area contributed by atoms with Crippen molar-refractivity contribution in [3.8, 4) is 0 Å². The van der Waals surface area contributed by atoms with E-state index < -0.39 is 48.8 Å². The highest BCUT2D eigenvalue weighted by Crippen LogP contribution is 2.12. The lowest BCUT2D eigenvalue weighted by Gasteiger charge is -2.28. The molecule has 0 unspecified atom stereocenters. The lowest BCUT2D eigenvalue weighted by atomic mass is 10.1. The minimum absolute atomic E-state index is 0.0101. The third-order valence-corrected chi connectivity index (χ3v) is 2.92. The molecule has 10 heteroatoms. The Balaban J connectivity index is 5.28. The molecule has 0 aliphatic rings. The number of hydrogen-bond donors (Lipinski definition) is 5. The summed E-state index contributed by atoms with van der Waals surface area (Å²) in [6, 6.07) is -2.97. The van der Waals surface area contributed by atoms with E-state index in [1.807, 2.05) is 0 Å². The van der Waals surface area contributed by atoms with Gasteiger partial charge in [0.05, 0.1) is 19.0 Å². The number of carboxylic acids is 2. The average molecular weight is 318 g/mol. The normalized spacial score (nSPS) is 13.2. The highest BCUT2D eigenvalue weighted by atomic mass is 16.4. The van der Waals surface area contributed by atoms with Crippen molar-refractivity contribution in [3.05, 3.63) is 0 Å². The van der Waals surface area contributed by atoms with Gasteiger partial charge in [-0.3, -0.25) is 19.3 Å². The number of rotatable bonds is 10. The molecule has 0 aromatic rings. The van der Waals surface area contributed by atoms with Crippen LogP contribution in [0, 0.1) is 0 Å². The lowest BCUT2D eigenvalue weighted by Crippen LogP contribution is -2.56. The van der Waals surface area contributed by atoms with E-state index in [1.54, 1.807) is 0 Å². The third-order valence-electron chi connectivity index (χ3n) is 2.92. The summed E-state index contributed by atoms with van der Waals surface area (Å²) in [5, 5.41) is 17.9. The summed E-state index contributed by atoms with van der Waals surface area (Å²) in [6.45, 7) is -0.254. The molecular formula is C12H22N4O6. The van der Waals surface area contributed by atoms with Gasteiger partial charge in [0.2, 0.25) is 11.8 Å². The van der Waals surface area contributed by atoms with Crippen molar-refractivity contribution >= 4 is 23.8 Å². The molecule has 0 aromatic carbocycles. The Bertz CT molecular complexity index is 428. The number of imide groups is 1. The summed E-state index contributed by atoms with van der Waals surface area (Å²) in [6.07, 6.45) is 0.166. The van der Waals surface area contributed by atoms with Crippen molar-refractivity contribution in [1.82, 2.24) is 4.90 Å². The number of nitrogens with zero attached hydrogens (tertiary/aromatic N) is 1. The summed E-state index contributed by atoms with van der Waals surface area (Å²) in [7, 11) is 0. The molecule has 2 amide bonds. The summed E-state index contributed by atoms with van der Waals surface area (Å²) >= 11 is 0. The molecule has 0 rings (SSSR count).